The molecule has 5 nitrogen and oxygen atoms in total. The van der Waals surface area contributed by atoms with Gasteiger partial charge in [-0.3, -0.25) is 9.78 Å². The van der Waals surface area contributed by atoms with Gasteiger partial charge in [0, 0.05) is 34.1 Å². The molecular weight excluding hydrogens is 396 g/mol. The van der Waals surface area contributed by atoms with Crippen LogP contribution in [0.1, 0.15) is 15.9 Å². The van der Waals surface area contributed by atoms with E-state index in [0.29, 0.717) is 5.56 Å². The lowest BCUT2D eigenvalue weighted by Gasteiger charge is -2.10. The molecule has 0 atom stereocenters. The number of nitrogens with one attached hydrogen (secondary N) is 2. The second-order valence-electron chi connectivity index (χ2n) is 7.35. The molecule has 0 aliphatic rings. The number of hydrazone groups is 1. The van der Waals surface area contributed by atoms with Crippen LogP contribution in [0.15, 0.2) is 108 Å². The fourth-order valence-electron chi connectivity index (χ4n) is 3.65. The van der Waals surface area contributed by atoms with E-state index in [2.05, 4.69) is 33.0 Å². The van der Waals surface area contributed by atoms with E-state index in [4.69, 9.17) is 0 Å². The summed E-state index contributed by atoms with van der Waals surface area (Å²) in [6, 6.07) is 31.3. The van der Waals surface area contributed by atoms with Crippen LogP contribution >= 0.6 is 0 Å². The summed E-state index contributed by atoms with van der Waals surface area (Å²) < 4.78 is 0. The maximum absolute atomic E-state index is 12.5. The van der Waals surface area contributed by atoms with E-state index < -0.39 is 0 Å². The van der Waals surface area contributed by atoms with E-state index in [1.54, 1.807) is 24.5 Å². The molecule has 5 aromatic rings. The van der Waals surface area contributed by atoms with Crippen LogP contribution in [0.4, 0.5) is 11.4 Å². The number of hydrogen-bond donors (Lipinski definition) is 2. The summed E-state index contributed by atoms with van der Waals surface area (Å²) >= 11 is 0. The van der Waals surface area contributed by atoms with Crippen molar-refractivity contribution in [2.45, 2.75) is 0 Å². The topological polar surface area (TPSA) is 66.4 Å². The number of fused-ring (bicyclic) bond motifs is 2. The molecule has 5 heteroatoms. The van der Waals surface area contributed by atoms with Gasteiger partial charge in [-0.2, -0.15) is 5.10 Å². The van der Waals surface area contributed by atoms with Crippen LogP contribution in [-0.4, -0.2) is 17.1 Å². The van der Waals surface area contributed by atoms with Crippen molar-refractivity contribution in [2.24, 2.45) is 5.10 Å². The number of rotatable bonds is 5. The van der Waals surface area contributed by atoms with E-state index in [9.17, 15) is 4.79 Å². The minimum Gasteiger partial charge on any atom is -0.355 e. The molecule has 0 saturated carbocycles. The summed E-state index contributed by atoms with van der Waals surface area (Å²) in [7, 11) is 0. The second-order valence-corrected chi connectivity index (χ2v) is 7.35. The maximum atomic E-state index is 12.5. The molecule has 0 radical (unpaired) electrons. The summed E-state index contributed by atoms with van der Waals surface area (Å²) in [5, 5.41) is 10.8. The Balaban J connectivity index is 1.27. The van der Waals surface area contributed by atoms with Gasteiger partial charge in [-0.05, 0) is 47.2 Å². The average molecular weight is 416 g/mol. The lowest BCUT2D eigenvalue weighted by atomic mass is 10.1. The molecule has 32 heavy (non-hydrogen) atoms. The number of nitrogens with zero attached hydrogens (tertiary/aromatic N) is 2. The Morgan fingerprint density at radius 2 is 1.53 bits per heavy atom. The minimum absolute atomic E-state index is 0.262. The third kappa shape index (κ3) is 4.04. The number of carbonyl (C=O) groups is 1. The van der Waals surface area contributed by atoms with E-state index in [0.717, 1.165) is 38.6 Å². The smallest absolute Gasteiger partial charge is 0.271 e. The number of aromatic nitrogens is 1. The predicted octanol–water partition coefficient (Wildman–Crippen LogP) is 5.90. The molecular formula is C27H20N4O. The van der Waals surface area contributed by atoms with Gasteiger partial charge >= 0.3 is 0 Å². The first kappa shape index (κ1) is 19.5. The van der Waals surface area contributed by atoms with Crippen molar-refractivity contribution < 1.29 is 4.79 Å². The number of amides is 1. The highest BCUT2D eigenvalue weighted by atomic mass is 16.2. The number of benzene rings is 4. The average Bonchev–Trinajstić information content (AvgIpc) is 2.85. The van der Waals surface area contributed by atoms with Crippen molar-refractivity contribution in [3.63, 3.8) is 0 Å². The van der Waals surface area contributed by atoms with Gasteiger partial charge in [-0.1, -0.05) is 60.7 Å². The summed E-state index contributed by atoms with van der Waals surface area (Å²) in [4.78, 5) is 16.9. The van der Waals surface area contributed by atoms with E-state index in [-0.39, 0.29) is 5.91 Å². The minimum atomic E-state index is -0.262. The number of anilines is 2. The molecule has 0 unspecified atom stereocenters. The monoisotopic (exact) mass is 416 g/mol. The van der Waals surface area contributed by atoms with Crippen LogP contribution in [0.2, 0.25) is 0 Å². The fourth-order valence-corrected chi connectivity index (χ4v) is 3.65. The first-order valence-electron chi connectivity index (χ1n) is 10.3. The SMILES string of the molecule is O=C(NN=Cc1cccc2ccccc12)c1ccc(Nc2ccnc3ccccc23)cc1. The highest BCUT2D eigenvalue weighted by Crippen LogP contribution is 2.25. The molecule has 1 heterocycles. The number of para-hydroxylation sites is 1. The van der Waals surface area contributed by atoms with Crippen molar-refractivity contribution in [3.05, 3.63) is 114 Å². The van der Waals surface area contributed by atoms with Crippen LogP contribution < -0.4 is 10.7 Å². The van der Waals surface area contributed by atoms with Gasteiger partial charge < -0.3 is 5.32 Å². The molecule has 5 rings (SSSR count). The van der Waals surface area contributed by atoms with E-state index in [1.165, 1.54) is 0 Å². The third-order valence-corrected chi connectivity index (χ3v) is 5.27. The summed E-state index contributed by atoms with van der Waals surface area (Å²) in [6.45, 7) is 0. The first-order valence-corrected chi connectivity index (χ1v) is 10.3. The van der Waals surface area contributed by atoms with Gasteiger partial charge in [0.15, 0.2) is 0 Å². The summed E-state index contributed by atoms with van der Waals surface area (Å²) in [5.41, 5.74) is 6.87. The molecule has 154 valence electrons. The van der Waals surface area contributed by atoms with Crippen molar-refractivity contribution in [2.75, 3.05) is 5.32 Å². The Morgan fingerprint density at radius 1 is 0.781 bits per heavy atom. The quantitative estimate of drug-likeness (QED) is 0.277. The van der Waals surface area contributed by atoms with Crippen LogP contribution in [-0.2, 0) is 0 Å². The fraction of sp³-hybridized carbons (Fsp3) is 0. The maximum Gasteiger partial charge on any atom is 0.271 e. The van der Waals surface area contributed by atoms with Gasteiger partial charge in [0.25, 0.3) is 5.91 Å². The zero-order valence-electron chi connectivity index (χ0n) is 17.2. The number of hydrogen-bond acceptors (Lipinski definition) is 4. The lowest BCUT2D eigenvalue weighted by molar-refractivity contribution is 0.0955. The Kier molecular flexibility index (Phi) is 5.29. The zero-order valence-corrected chi connectivity index (χ0v) is 17.2. The molecule has 0 saturated heterocycles. The molecule has 1 amide bonds. The van der Waals surface area contributed by atoms with Gasteiger partial charge in [0.05, 0.1) is 11.7 Å². The summed E-state index contributed by atoms with van der Waals surface area (Å²) in [5.74, 6) is -0.262. The standard InChI is InChI=1S/C27H20N4O/c32-27(31-29-18-21-8-5-7-19-6-1-2-9-23(19)21)20-12-14-22(15-13-20)30-26-16-17-28-25-11-4-3-10-24(25)26/h1-18H,(H,28,30)(H,31,32). The van der Waals surface area contributed by atoms with Gasteiger partial charge in [-0.25, -0.2) is 5.43 Å². The molecule has 0 aliphatic carbocycles. The van der Waals surface area contributed by atoms with Crippen molar-refractivity contribution in [3.8, 4) is 0 Å². The second kappa shape index (κ2) is 8.70. The Labute approximate surface area is 185 Å². The van der Waals surface area contributed by atoms with Crippen molar-refractivity contribution >= 4 is 45.2 Å². The third-order valence-electron chi connectivity index (χ3n) is 5.27. The van der Waals surface area contributed by atoms with Crippen LogP contribution in [0.3, 0.4) is 0 Å². The number of pyridine rings is 1. The van der Waals surface area contributed by atoms with Gasteiger partial charge in [-0.15, -0.1) is 0 Å². The van der Waals surface area contributed by atoms with Crippen LogP contribution in [0.5, 0.6) is 0 Å². The molecule has 0 fully saturated rings. The first-order chi connectivity index (χ1) is 15.8. The Bertz CT molecular complexity index is 1430. The number of carbonyl (C=O) groups excluding carboxylic acids is 1. The van der Waals surface area contributed by atoms with Crippen LogP contribution in [0.25, 0.3) is 21.7 Å². The molecule has 0 bridgehead atoms. The predicted molar refractivity (Wildman–Crippen MR) is 130 cm³/mol. The highest BCUT2D eigenvalue weighted by molar-refractivity contribution is 6.01. The molecule has 4 aromatic carbocycles. The molecule has 2 N–H and O–H groups in total. The highest BCUT2D eigenvalue weighted by Gasteiger charge is 2.06. The normalized spacial score (nSPS) is 11.1. The Morgan fingerprint density at radius 3 is 2.41 bits per heavy atom. The van der Waals surface area contributed by atoms with E-state index in [1.807, 2.05) is 72.8 Å². The van der Waals surface area contributed by atoms with Crippen molar-refractivity contribution in [1.82, 2.24) is 10.4 Å². The zero-order chi connectivity index (χ0) is 21.8. The molecule has 1 aromatic heterocycles. The van der Waals surface area contributed by atoms with E-state index >= 15 is 0 Å². The van der Waals surface area contributed by atoms with Crippen LogP contribution in [0, 0.1) is 0 Å². The Hall–Kier alpha value is -4.51. The molecule has 0 aliphatic heterocycles. The lowest BCUT2D eigenvalue weighted by Crippen LogP contribution is -2.17. The van der Waals surface area contributed by atoms with Crippen molar-refractivity contribution in [1.29, 1.82) is 0 Å². The largest absolute Gasteiger partial charge is 0.355 e. The molecule has 0 spiro atoms. The van der Waals surface area contributed by atoms with Gasteiger partial charge in [0.1, 0.15) is 0 Å². The summed E-state index contributed by atoms with van der Waals surface area (Å²) in [6.07, 6.45) is 3.45. The van der Waals surface area contributed by atoms with Gasteiger partial charge in [0.2, 0.25) is 0 Å².